The van der Waals surface area contributed by atoms with Crippen LogP contribution < -0.4 is 0 Å². The van der Waals surface area contributed by atoms with E-state index in [0.29, 0.717) is 65.6 Å². The molecule has 0 saturated carbocycles. The Morgan fingerprint density at radius 2 is 1.54 bits per heavy atom. The number of aromatic nitrogens is 4. The van der Waals surface area contributed by atoms with Crippen molar-refractivity contribution in [3.63, 3.8) is 0 Å². The van der Waals surface area contributed by atoms with Crippen LogP contribution in [-0.2, 0) is 4.79 Å². The first-order valence-corrected chi connectivity index (χ1v) is 12.8. The lowest BCUT2D eigenvalue weighted by Gasteiger charge is -2.34. The van der Waals surface area contributed by atoms with Gasteiger partial charge in [-0.3, -0.25) is 19.6 Å². The van der Waals surface area contributed by atoms with E-state index in [1.54, 1.807) is 29.4 Å². The highest BCUT2D eigenvalue weighted by Crippen LogP contribution is 2.29. The molecule has 0 aliphatic carbocycles. The van der Waals surface area contributed by atoms with Crippen molar-refractivity contribution in [2.45, 2.75) is 26.7 Å². The van der Waals surface area contributed by atoms with Crippen LogP contribution in [0.2, 0.25) is 0 Å². The molecule has 4 aromatic rings. The van der Waals surface area contributed by atoms with E-state index in [9.17, 15) is 9.59 Å². The fourth-order valence-electron chi connectivity index (χ4n) is 4.89. The van der Waals surface area contributed by atoms with Crippen LogP contribution in [0.4, 0.5) is 0 Å². The molecule has 188 valence electrons. The summed E-state index contributed by atoms with van der Waals surface area (Å²) in [6.45, 7) is 6.42. The zero-order chi connectivity index (χ0) is 25.8. The van der Waals surface area contributed by atoms with Crippen LogP contribution in [0.1, 0.15) is 37.0 Å². The number of benzene rings is 1. The minimum Gasteiger partial charge on any atom is -0.343 e. The third kappa shape index (κ3) is 5.05. The van der Waals surface area contributed by atoms with Gasteiger partial charge in [-0.15, -0.1) is 0 Å². The molecule has 8 nitrogen and oxygen atoms in total. The molecular weight excluding hydrogens is 464 g/mol. The van der Waals surface area contributed by atoms with Crippen LogP contribution in [0.25, 0.3) is 33.8 Å². The SMILES string of the molecule is CCN(CC)C(=O)[C@@H]1CCCN(C(=O)c2ccc3nc(-c4ccccn4)c(-c4ccccn4)nc3c2)C1. The Morgan fingerprint density at radius 1 is 0.892 bits per heavy atom. The number of hydrogen-bond acceptors (Lipinski definition) is 6. The molecule has 0 bridgehead atoms. The van der Waals surface area contributed by atoms with Gasteiger partial charge >= 0.3 is 0 Å². The average Bonchev–Trinajstić information content (AvgIpc) is 2.97. The quantitative estimate of drug-likeness (QED) is 0.393. The van der Waals surface area contributed by atoms with Gasteiger partial charge in [-0.2, -0.15) is 0 Å². The molecule has 4 heterocycles. The topological polar surface area (TPSA) is 92.2 Å². The molecule has 0 spiro atoms. The summed E-state index contributed by atoms with van der Waals surface area (Å²) in [4.78, 5) is 48.8. The van der Waals surface area contributed by atoms with Crippen molar-refractivity contribution in [2.75, 3.05) is 26.2 Å². The number of pyridine rings is 2. The van der Waals surface area contributed by atoms with Gasteiger partial charge in [-0.1, -0.05) is 12.1 Å². The van der Waals surface area contributed by atoms with Crippen molar-refractivity contribution in [1.82, 2.24) is 29.7 Å². The number of rotatable bonds is 6. The van der Waals surface area contributed by atoms with Crippen molar-refractivity contribution in [1.29, 1.82) is 0 Å². The smallest absolute Gasteiger partial charge is 0.253 e. The zero-order valence-electron chi connectivity index (χ0n) is 21.2. The summed E-state index contributed by atoms with van der Waals surface area (Å²) in [7, 11) is 0. The minimum absolute atomic E-state index is 0.0889. The highest BCUT2D eigenvalue weighted by atomic mass is 16.2. The summed E-state index contributed by atoms with van der Waals surface area (Å²) in [5.41, 5.74) is 4.45. The Bertz CT molecular complexity index is 1410. The Labute approximate surface area is 216 Å². The molecule has 8 heteroatoms. The van der Waals surface area contributed by atoms with E-state index in [2.05, 4.69) is 9.97 Å². The van der Waals surface area contributed by atoms with Crippen molar-refractivity contribution in [2.24, 2.45) is 5.92 Å². The summed E-state index contributed by atoms with van der Waals surface area (Å²) >= 11 is 0. The maximum atomic E-state index is 13.5. The lowest BCUT2D eigenvalue weighted by molar-refractivity contribution is -0.136. The molecule has 1 saturated heterocycles. The second-order valence-corrected chi connectivity index (χ2v) is 9.16. The maximum absolute atomic E-state index is 13.5. The fourth-order valence-corrected chi connectivity index (χ4v) is 4.89. The van der Waals surface area contributed by atoms with Gasteiger partial charge < -0.3 is 9.80 Å². The molecule has 5 rings (SSSR count). The van der Waals surface area contributed by atoms with E-state index in [1.165, 1.54) is 0 Å². The Balaban J connectivity index is 1.48. The van der Waals surface area contributed by atoms with Gasteiger partial charge in [-0.05, 0) is 69.2 Å². The lowest BCUT2D eigenvalue weighted by Crippen LogP contribution is -2.46. The second-order valence-electron chi connectivity index (χ2n) is 9.16. The maximum Gasteiger partial charge on any atom is 0.253 e. The van der Waals surface area contributed by atoms with Gasteiger partial charge in [0.1, 0.15) is 11.4 Å². The van der Waals surface area contributed by atoms with Crippen LogP contribution in [0.5, 0.6) is 0 Å². The highest BCUT2D eigenvalue weighted by molar-refractivity contribution is 5.98. The van der Waals surface area contributed by atoms with Crippen LogP contribution in [0.15, 0.2) is 67.0 Å². The van der Waals surface area contributed by atoms with Gasteiger partial charge in [-0.25, -0.2) is 9.97 Å². The van der Waals surface area contributed by atoms with Crippen molar-refractivity contribution < 1.29 is 9.59 Å². The molecule has 3 aromatic heterocycles. The van der Waals surface area contributed by atoms with Crippen molar-refractivity contribution >= 4 is 22.8 Å². The molecule has 1 aromatic carbocycles. The van der Waals surface area contributed by atoms with Crippen molar-refractivity contribution in [3.8, 4) is 22.8 Å². The monoisotopic (exact) mass is 494 g/mol. The van der Waals surface area contributed by atoms with Crippen LogP contribution in [0.3, 0.4) is 0 Å². The van der Waals surface area contributed by atoms with E-state index in [4.69, 9.17) is 9.97 Å². The Kier molecular flexibility index (Phi) is 7.16. The van der Waals surface area contributed by atoms with Crippen LogP contribution in [0, 0.1) is 5.92 Å². The number of hydrogen-bond donors (Lipinski definition) is 0. The van der Waals surface area contributed by atoms with Crippen molar-refractivity contribution in [3.05, 3.63) is 72.6 Å². The minimum atomic E-state index is -0.158. The standard InChI is InChI=1S/C29H30N6O2/c1-3-34(4-2)29(37)21-10-9-17-35(19-21)28(36)20-13-14-22-25(18-20)33-27(24-12-6-8-16-31-24)26(32-22)23-11-5-7-15-30-23/h5-8,11-16,18,21H,3-4,9-10,17,19H2,1-2H3/t21-/m1/s1. The lowest BCUT2D eigenvalue weighted by atomic mass is 9.95. The molecule has 1 fully saturated rings. The van der Waals surface area contributed by atoms with Gasteiger partial charge in [0.2, 0.25) is 5.91 Å². The molecule has 37 heavy (non-hydrogen) atoms. The summed E-state index contributed by atoms with van der Waals surface area (Å²) < 4.78 is 0. The fraction of sp³-hybridized carbons (Fsp3) is 0.310. The van der Waals surface area contributed by atoms with E-state index < -0.39 is 0 Å². The predicted molar refractivity (Wildman–Crippen MR) is 143 cm³/mol. The van der Waals surface area contributed by atoms with Gasteiger partial charge in [0.15, 0.2) is 0 Å². The predicted octanol–water partition coefficient (Wildman–Crippen LogP) is 4.47. The molecular formula is C29H30N6O2. The Morgan fingerprint density at radius 3 is 2.14 bits per heavy atom. The largest absolute Gasteiger partial charge is 0.343 e. The first-order chi connectivity index (χ1) is 18.1. The molecule has 0 N–H and O–H groups in total. The number of likely N-dealkylation sites (tertiary alicyclic amines) is 1. The van der Waals surface area contributed by atoms with E-state index >= 15 is 0 Å². The number of fused-ring (bicyclic) bond motifs is 1. The second kappa shape index (κ2) is 10.8. The van der Waals surface area contributed by atoms with Crippen LogP contribution >= 0.6 is 0 Å². The van der Waals surface area contributed by atoms with Gasteiger partial charge in [0.25, 0.3) is 5.91 Å². The molecule has 1 aliphatic heterocycles. The normalized spacial score (nSPS) is 15.5. The zero-order valence-corrected chi connectivity index (χ0v) is 21.2. The number of carbonyl (C=O) groups is 2. The van der Waals surface area contributed by atoms with E-state index in [-0.39, 0.29) is 17.7 Å². The third-order valence-electron chi connectivity index (χ3n) is 6.86. The third-order valence-corrected chi connectivity index (χ3v) is 6.86. The summed E-state index contributed by atoms with van der Waals surface area (Å²) in [6, 6.07) is 16.7. The molecule has 0 unspecified atom stereocenters. The number of carbonyl (C=O) groups excluding carboxylic acids is 2. The van der Waals surface area contributed by atoms with Crippen LogP contribution in [-0.4, -0.2) is 67.7 Å². The van der Waals surface area contributed by atoms with E-state index in [0.717, 1.165) is 12.8 Å². The van der Waals surface area contributed by atoms with Gasteiger partial charge in [0.05, 0.1) is 28.3 Å². The first kappa shape index (κ1) is 24.5. The number of amides is 2. The summed E-state index contributed by atoms with van der Waals surface area (Å²) in [6.07, 6.45) is 5.07. The number of piperidine rings is 1. The highest BCUT2D eigenvalue weighted by Gasteiger charge is 2.31. The Hall–Kier alpha value is -4.20. The summed E-state index contributed by atoms with van der Waals surface area (Å²) in [5.74, 6) is -0.114. The van der Waals surface area contributed by atoms with E-state index in [1.807, 2.05) is 61.2 Å². The number of nitrogens with zero attached hydrogens (tertiary/aromatic N) is 6. The first-order valence-electron chi connectivity index (χ1n) is 12.8. The molecule has 2 amide bonds. The molecule has 1 aliphatic rings. The average molecular weight is 495 g/mol. The molecule has 0 radical (unpaired) electrons. The summed E-state index contributed by atoms with van der Waals surface area (Å²) in [5, 5.41) is 0. The molecule has 1 atom stereocenters. The van der Waals surface area contributed by atoms with Gasteiger partial charge in [0, 0.05) is 44.1 Å².